The molecule has 2 nitrogen and oxygen atoms in total. The number of ketones is 2. The van der Waals surface area contributed by atoms with E-state index >= 15 is 0 Å². The van der Waals surface area contributed by atoms with Crippen molar-refractivity contribution in [3.8, 4) is 0 Å². The highest BCUT2D eigenvalue weighted by molar-refractivity contribution is 8.25. The molecule has 2 fully saturated rings. The molecule has 0 bridgehead atoms. The van der Waals surface area contributed by atoms with Gasteiger partial charge in [-0.15, -0.1) is 58.4 Å². The molecule has 128 valence electrons. The molecule has 24 heavy (non-hydrogen) atoms. The molecule has 1 aromatic heterocycles. The summed E-state index contributed by atoms with van der Waals surface area (Å²) in [6.45, 7) is 3.31. The van der Waals surface area contributed by atoms with E-state index in [9.17, 15) is 9.59 Å². The highest BCUT2D eigenvalue weighted by atomic mass is 32.2. The third-order valence-corrected chi connectivity index (χ3v) is 10.2. The molecule has 2 aliphatic rings. The molecule has 0 saturated carbocycles. The minimum absolute atomic E-state index is 0.132. The highest BCUT2D eigenvalue weighted by Gasteiger charge is 2.22. The Bertz CT molecular complexity index is 713. The lowest BCUT2D eigenvalue weighted by atomic mass is 10.1. The van der Waals surface area contributed by atoms with Gasteiger partial charge in [0.25, 0.3) is 0 Å². The fourth-order valence-corrected chi connectivity index (χ4v) is 9.05. The predicted octanol–water partition coefficient (Wildman–Crippen LogP) is 5.31. The molecule has 3 rings (SSSR count). The van der Waals surface area contributed by atoms with Gasteiger partial charge in [0.15, 0.2) is 11.6 Å². The van der Waals surface area contributed by atoms with E-state index in [1.807, 2.05) is 6.07 Å². The molecule has 2 aliphatic heterocycles. The first-order chi connectivity index (χ1) is 11.6. The summed E-state index contributed by atoms with van der Waals surface area (Å²) in [5.74, 6) is 4.61. The van der Waals surface area contributed by atoms with Crippen molar-refractivity contribution in [2.75, 3.05) is 23.0 Å². The van der Waals surface area contributed by atoms with Gasteiger partial charge in [0.05, 0.1) is 9.81 Å². The Labute approximate surface area is 163 Å². The van der Waals surface area contributed by atoms with E-state index in [1.165, 1.54) is 4.24 Å². The Morgan fingerprint density at radius 2 is 1.46 bits per heavy atom. The van der Waals surface area contributed by atoms with E-state index in [0.717, 1.165) is 48.1 Å². The SMILES string of the molecule is CC(=O)C(Cc1ccc(C(C(C)=O)=C2SCCS2)s1)=C1SCCS1. The van der Waals surface area contributed by atoms with Crippen molar-refractivity contribution < 1.29 is 9.59 Å². The van der Waals surface area contributed by atoms with Gasteiger partial charge >= 0.3 is 0 Å². The minimum Gasteiger partial charge on any atom is -0.295 e. The molecule has 0 spiro atoms. The number of hydrogen-bond donors (Lipinski definition) is 0. The number of rotatable bonds is 5. The standard InChI is InChI=1S/C17H18O2S5/c1-10(18)13(16-20-5-6-21-16)9-12-3-4-14(24-12)15(11(2)19)17-22-7-8-23-17/h3-4H,5-9H2,1-2H3. The maximum Gasteiger partial charge on any atom is 0.162 e. The lowest BCUT2D eigenvalue weighted by Crippen LogP contribution is -2.01. The Hall–Kier alpha value is -0.0800. The van der Waals surface area contributed by atoms with Crippen LogP contribution < -0.4 is 0 Å². The van der Waals surface area contributed by atoms with E-state index in [-0.39, 0.29) is 11.6 Å². The van der Waals surface area contributed by atoms with Crippen LogP contribution in [0.2, 0.25) is 0 Å². The summed E-state index contributed by atoms with van der Waals surface area (Å²) in [7, 11) is 0. The summed E-state index contributed by atoms with van der Waals surface area (Å²) >= 11 is 8.80. The molecular formula is C17H18O2S5. The first kappa shape index (κ1) is 18.7. The van der Waals surface area contributed by atoms with Crippen LogP contribution in [-0.4, -0.2) is 34.6 Å². The highest BCUT2D eigenvalue weighted by Crippen LogP contribution is 2.44. The van der Waals surface area contributed by atoms with Crippen LogP contribution in [0.15, 0.2) is 26.2 Å². The predicted molar refractivity (Wildman–Crippen MR) is 113 cm³/mol. The summed E-state index contributed by atoms with van der Waals surface area (Å²) in [4.78, 5) is 26.4. The molecule has 0 aliphatic carbocycles. The van der Waals surface area contributed by atoms with E-state index < -0.39 is 0 Å². The number of Topliss-reactive ketones (excluding diaryl/α,β-unsaturated/α-hetero) is 2. The van der Waals surface area contributed by atoms with Crippen molar-refractivity contribution in [3.05, 3.63) is 35.9 Å². The van der Waals surface area contributed by atoms with E-state index in [0.29, 0.717) is 6.42 Å². The van der Waals surface area contributed by atoms with Gasteiger partial charge in [0.1, 0.15) is 0 Å². The van der Waals surface area contributed by atoms with Gasteiger partial charge in [-0.1, -0.05) is 0 Å². The minimum atomic E-state index is 0.132. The Kier molecular flexibility index (Phi) is 6.65. The van der Waals surface area contributed by atoms with Gasteiger partial charge in [-0.2, -0.15) is 0 Å². The second kappa shape index (κ2) is 8.54. The zero-order chi connectivity index (χ0) is 17.1. The molecular weight excluding hydrogens is 397 g/mol. The molecule has 7 heteroatoms. The molecule has 3 heterocycles. The third-order valence-electron chi connectivity index (χ3n) is 3.59. The Morgan fingerprint density at radius 1 is 0.875 bits per heavy atom. The van der Waals surface area contributed by atoms with Gasteiger partial charge in [-0.3, -0.25) is 9.59 Å². The molecule has 1 aromatic rings. The molecule has 0 atom stereocenters. The zero-order valence-electron chi connectivity index (χ0n) is 13.5. The topological polar surface area (TPSA) is 34.1 Å². The van der Waals surface area contributed by atoms with Crippen molar-refractivity contribution in [2.45, 2.75) is 20.3 Å². The molecule has 0 amide bonds. The Morgan fingerprint density at radius 3 is 2.00 bits per heavy atom. The van der Waals surface area contributed by atoms with Crippen LogP contribution in [0.25, 0.3) is 5.57 Å². The van der Waals surface area contributed by atoms with Gasteiger partial charge in [0.2, 0.25) is 0 Å². The summed E-state index contributed by atoms with van der Waals surface area (Å²) in [6, 6.07) is 4.11. The average molecular weight is 415 g/mol. The fourth-order valence-electron chi connectivity index (χ4n) is 2.48. The lowest BCUT2D eigenvalue weighted by Gasteiger charge is -2.06. The molecule has 0 aromatic carbocycles. The quantitative estimate of drug-likeness (QED) is 0.608. The number of carbonyl (C=O) groups excluding carboxylic acids is 2. The van der Waals surface area contributed by atoms with Crippen molar-refractivity contribution in [1.82, 2.24) is 0 Å². The first-order valence-electron chi connectivity index (χ1n) is 7.66. The normalized spacial score (nSPS) is 17.4. The molecule has 0 N–H and O–H groups in total. The van der Waals surface area contributed by atoms with Gasteiger partial charge in [-0.05, 0) is 26.0 Å². The average Bonchev–Trinajstić information content (AvgIpc) is 3.28. The van der Waals surface area contributed by atoms with Crippen LogP contribution in [0.5, 0.6) is 0 Å². The van der Waals surface area contributed by atoms with Crippen LogP contribution >= 0.6 is 58.4 Å². The maximum absolute atomic E-state index is 12.1. The fraction of sp³-hybridized carbons (Fsp3) is 0.412. The summed E-state index contributed by atoms with van der Waals surface area (Å²) in [6.07, 6.45) is 0.677. The van der Waals surface area contributed by atoms with Crippen LogP contribution in [0.3, 0.4) is 0 Å². The summed E-state index contributed by atoms with van der Waals surface area (Å²) in [5.41, 5.74) is 1.79. The number of carbonyl (C=O) groups is 2. The summed E-state index contributed by atoms with van der Waals surface area (Å²) in [5, 5.41) is 0. The number of hydrogen-bond acceptors (Lipinski definition) is 7. The Balaban J connectivity index is 1.87. The van der Waals surface area contributed by atoms with Gasteiger partial charge < -0.3 is 0 Å². The van der Waals surface area contributed by atoms with E-state index in [2.05, 4.69) is 6.07 Å². The van der Waals surface area contributed by atoms with Crippen LogP contribution in [-0.2, 0) is 16.0 Å². The number of allylic oxidation sites excluding steroid dienone is 2. The van der Waals surface area contributed by atoms with Gasteiger partial charge in [0, 0.05) is 49.0 Å². The maximum atomic E-state index is 12.1. The third kappa shape index (κ3) is 4.36. The van der Waals surface area contributed by atoms with E-state index in [1.54, 1.807) is 72.2 Å². The second-order valence-corrected chi connectivity index (χ2v) is 11.5. The smallest absolute Gasteiger partial charge is 0.162 e. The number of thioether (sulfide) groups is 4. The molecule has 0 radical (unpaired) electrons. The van der Waals surface area contributed by atoms with Crippen LogP contribution in [0, 0.1) is 0 Å². The largest absolute Gasteiger partial charge is 0.295 e. The van der Waals surface area contributed by atoms with Crippen molar-refractivity contribution in [2.24, 2.45) is 0 Å². The second-order valence-electron chi connectivity index (χ2n) is 5.38. The van der Waals surface area contributed by atoms with Crippen LogP contribution in [0.4, 0.5) is 0 Å². The lowest BCUT2D eigenvalue weighted by molar-refractivity contribution is -0.114. The van der Waals surface area contributed by atoms with Crippen LogP contribution in [0.1, 0.15) is 23.6 Å². The zero-order valence-corrected chi connectivity index (χ0v) is 17.6. The van der Waals surface area contributed by atoms with E-state index in [4.69, 9.17) is 0 Å². The number of thiophene rings is 1. The van der Waals surface area contributed by atoms with Crippen molar-refractivity contribution in [1.29, 1.82) is 0 Å². The molecule has 2 saturated heterocycles. The summed E-state index contributed by atoms with van der Waals surface area (Å²) < 4.78 is 2.34. The van der Waals surface area contributed by atoms with Crippen molar-refractivity contribution in [3.63, 3.8) is 0 Å². The van der Waals surface area contributed by atoms with Crippen molar-refractivity contribution >= 4 is 75.5 Å². The monoisotopic (exact) mass is 414 g/mol. The van der Waals surface area contributed by atoms with Gasteiger partial charge in [-0.25, -0.2) is 0 Å². The molecule has 0 unspecified atom stereocenters. The first-order valence-corrected chi connectivity index (χ1v) is 12.4.